The van der Waals surface area contributed by atoms with Crippen LogP contribution < -0.4 is 11.1 Å². The third-order valence-electron chi connectivity index (χ3n) is 4.02. The van der Waals surface area contributed by atoms with Crippen LogP contribution in [0.1, 0.15) is 37.7 Å². The average molecular weight is 292 g/mol. The minimum atomic E-state index is -0.599. The van der Waals surface area contributed by atoms with Crippen LogP contribution >= 0.6 is 0 Å². The number of rotatable bonds is 5. The van der Waals surface area contributed by atoms with Gasteiger partial charge in [-0.25, -0.2) is 4.39 Å². The summed E-state index contributed by atoms with van der Waals surface area (Å²) in [5.41, 5.74) is 6.13. The number of hydrogen-bond donors (Lipinski definition) is 2. The van der Waals surface area contributed by atoms with Crippen LogP contribution in [0, 0.1) is 11.7 Å². The van der Waals surface area contributed by atoms with Gasteiger partial charge >= 0.3 is 0 Å². The zero-order valence-corrected chi connectivity index (χ0v) is 12.0. The van der Waals surface area contributed by atoms with E-state index < -0.39 is 11.9 Å². The van der Waals surface area contributed by atoms with Crippen molar-refractivity contribution < 1.29 is 14.0 Å². The Kier molecular flexibility index (Phi) is 5.31. The van der Waals surface area contributed by atoms with Gasteiger partial charge in [0, 0.05) is 0 Å². The highest BCUT2D eigenvalue weighted by Crippen LogP contribution is 2.26. The monoisotopic (exact) mass is 292 g/mol. The molecule has 0 bridgehead atoms. The van der Waals surface area contributed by atoms with Gasteiger partial charge in [0.25, 0.3) is 0 Å². The van der Waals surface area contributed by atoms with E-state index in [1.54, 1.807) is 12.1 Å². The molecule has 0 aromatic heterocycles. The van der Waals surface area contributed by atoms with Gasteiger partial charge in [-0.1, -0.05) is 31.4 Å². The molecule has 2 amide bonds. The molecule has 1 aliphatic rings. The van der Waals surface area contributed by atoms with Gasteiger partial charge in [-0.2, -0.15) is 0 Å². The van der Waals surface area contributed by atoms with Gasteiger partial charge in [0.2, 0.25) is 11.8 Å². The number of carbonyl (C=O) groups is 2. The van der Waals surface area contributed by atoms with Crippen molar-refractivity contribution in [3.05, 3.63) is 35.6 Å². The first-order valence-electron chi connectivity index (χ1n) is 7.39. The van der Waals surface area contributed by atoms with Gasteiger partial charge in [0.1, 0.15) is 11.9 Å². The van der Waals surface area contributed by atoms with Gasteiger partial charge in [-0.15, -0.1) is 0 Å². The quantitative estimate of drug-likeness (QED) is 0.870. The average Bonchev–Trinajstić information content (AvgIpc) is 2.48. The number of nitrogens with one attached hydrogen (secondary N) is 1. The number of amides is 2. The van der Waals surface area contributed by atoms with E-state index in [0.29, 0.717) is 5.56 Å². The van der Waals surface area contributed by atoms with Gasteiger partial charge in [0.05, 0.1) is 6.42 Å². The molecule has 0 aliphatic heterocycles. The molecule has 0 saturated heterocycles. The summed E-state index contributed by atoms with van der Waals surface area (Å²) in [6.45, 7) is 0. The maximum atomic E-state index is 12.8. The van der Waals surface area contributed by atoms with Crippen LogP contribution in [0.2, 0.25) is 0 Å². The van der Waals surface area contributed by atoms with Crippen molar-refractivity contribution in [3.63, 3.8) is 0 Å². The molecule has 4 nitrogen and oxygen atoms in total. The Morgan fingerprint density at radius 2 is 1.81 bits per heavy atom. The Bertz CT molecular complexity index is 496. The van der Waals surface area contributed by atoms with Crippen molar-refractivity contribution in [1.82, 2.24) is 5.32 Å². The molecule has 0 unspecified atom stereocenters. The second-order valence-corrected chi connectivity index (χ2v) is 5.65. The number of hydrogen-bond acceptors (Lipinski definition) is 2. The maximum Gasteiger partial charge on any atom is 0.240 e. The predicted octanol–water partition coefficient (Wildman–Crippen LogP) is 1.92. The number of primary amides is 1. The summed E-state index contributed by atoms with van der Waals surface area (Å²) in [6, 6.07) is 5.16. The van der Waals surface area contributed by atoms with E-state index in [1.807, 2.05) is 0 Å². The topological polar surface area (TPSA) is 72.2 Å². The van der Waals surface area contributed by atoms with Crippen LogP contribution in [0.5, 0.6) is 0 Å². The normalized spacial score (nSPS) is 17.2. The fraction of sp³-hybridized carbons (Fsp3) is 0.500. The molecule has 114 valence electrons. The Labute approximate surface area is 123 Å². The van der Waals surface area contributed by atoms with Crippen LogP contribution in [-0.4, -0.2) is 17.9 Å². The van der Waals surface area contributed by atoms with Gasteiger partial charge < -0.3 is 11.1 Å². The number of nitrogens with two attached hydrogens (primary N) is 1. The molecule has 1 fully saturated rings. The highest BCUT2D eigenvalue weighted by molar-refractivity contribution is 5.87. The minimum Gasteiger partial charge on any atom is -0.368 e. The standard InChI is InChI=1S/C16H21FN2O2/c17-13-8-6-11(7-9-13)10-14(20)19-15(16(18)21)12-4-2-1-3-5-12/h6-9,12,15H,1-5,10H2,(H2,18,21)(H,19,20)/t15-/m0/s1. The minimum absolute atomic E-state index is 0.122. The fourth-order valence-corrected chi connectivity index (χ4v) is 2.90. The van der Waals surface area contributed by atoms with Crippen molar-refractivity contribution in [2.24, 2.45) is 11.7 Å². The van der Waals surface area contributed by atoms with E-state index in [-0.39, 0.29) is 24.1 Å². The Morgan fingerprint density at radius 1 is 1.19 bits per heavy atom. The summed E-state index contributed by atoms with van der Waals surface area (Å²) in [5, 5.41) is 2.74. The number of benzene rings is 1. The number of halogens is 1. The van der Waals surface area contributed by atoms with Crippen LogP contribution in [0.25, 0.3) is 0 Å². The van der Waals surface area contributed by atoms with Gasteiger partial charge in [0.15, 0.2) is 0 Å². The largest absolute Gasteiger partial charge is 0.368 e. The third kappa shape index (κ3) is 4.55. The maximum absolute atomic E-state index is 12.8. The van der Waals surface area contributed by atoms with Crippen molar-refractivity contribution in [2.45, 2.75) is 44.6 Å². The first-order valence-corrected chi connectivity index (χ1v) is 7.39. The zero-order chi connectivity index (χ0) is 15.2. The lowest BCUT2D eigenvalue weighted by atomic mass is 9.83. The van der Waals surface area contributed by atoms with Gasteiger partial charge in [-0.05, 0) is 36.5 Å². The molecule has 1 aromatic carbocycles. The summed E-state index contributed by atoms with van der Waals surface area (Å²) < 4.78 is 12.8. The molecular weight excluding hydrogens is 271 g/mol. The lowest BCUT2D eigenvalue weighted by molar-refractivity contribution is -0.128. The Hall–Kier alpha value is -1.91. The zero-order valence-electron chi connectivity index (χ0n) is 12.0. The van der Waals surface area contributed by atoms with Crippen molar-refractivity contribution in [3.8, 4) is 0 Å². The van der Waals surface area contributed by atoms with E-state index in [2.05, 4.69) is 5.32 Å². The molecule has 1 aliphatic carbocycles. The van der Waals surface area contributed by atoms with Crippen LogP contribution in [0.4, 0.5) is 4.39 Å². The first-order chi connectivity index (χ1) is 10.1. The smallest absolute Gasteiger partial charge is 0.240 e. The predicted molar refractivity (Wildman–Crippen MR) is 77.8 cm³/mol. The molecule has 21 heavy (non-hydrogen) atoms. The lowest BCUT2D eigenvalue weighted by Gasteiger charge is -2.28. The second-order valence-electron chi connectivity index (χ2n) is 5.65. The molecule has 0 heterocycles. The van der Waals surface area contributed by atoms with E-state index >= 15 is 0 Å². The molecule has 1 saturated carbocycles. The highest BCUT2D eigenvalue weighted by Gasteiger charge is 2.29. The molecule has 0 spiro atoms. The molecule has 5 heteroatoms. The molecule has 2 rings (SSSR count). The highest BCUT2D eigenvalue weighted by atomic mass is 19.1. The van der Waals surface area contributed by atoms with Crippen molar-refractivity contribution >= 4 is 11.8 Å². The van der Waals surface area contributed by atoms with E-state index in [4.69, 9.17) is 5.73 Å². The van der Waals surface area contributed by atoms with Crippen LogP contribution in [0.3, 0.4) is 0 Å². The molecule has 1 aromatic rings. The number of carbonyl (C=O) groups excluding carboxylic acids is 2. The lowest BCUT2D eigenvalue weighted by Crippen LogP contribution is -2.50. The summed E-state index contributed by atoms with van der Waals surface area (Å²) in [7, 11) is 0. The van der Waals surface area contributed by atoms with Gasteiger partial charge in [-0.3, -0.25) is 9.59 Å². The first kappa shape index (κ1) is 15.5. The van der Waals surface area contributed by atoms with E-state index in [1.165, 1.54) is 18.6 Å². The Morgan fingerprint density at radius 3 is 2.38 bits per heavy atom. The second kappa shape index (κ2) is 7.20. The third-order valence-corrected chi connectivity index (χ3v) is 4.02. The van der Waals surface area contributed by atoms with Crippen LogP contribution in [-0.2, 0) is 16.0 Å². The molecule has 0 radical (unpaired) electrons. The summed E-state index contributed by atoms with van der Waals surface area (Å²) in [6.07, 6.45) is 5.28. The SMILES string of the molecule is NC(=O)[C@@H](NC(=O)Cc1ccc(F)cc1)C1CCCCC1. The Balaban J connectivity index is 1.94. The van der Waals surface area contributed by atoms with Crippen LogP contribution in [0.15, 0.2) is 24.3 Å². The molecule has 1 atom stereocenters. The van der Waals surface area contributed by atoms with E-state index in [0.717, 1.165) is 25.7 Å². The summed E-state index contributed by atoms with van der Waals surface area (Å²) in [4.78, 5) is 23.6. The fourth-order valence-electron chi connectivity index (χ4n) is 2.90. The summed E-state index contributed by atoms with van der Waals surface area (Å²) in [5.74, 6) is -0.935. The summed E-state index contributed by atoms with van der Waals surface area (Å²) >= 11 is 0. The molecule has 3 N–H and O–H groups in total. The molecular formula is C16H21FN2O2. The van der Waals surface area contributed by atoms with E-state index in [9.17, 15) is 14.0 Å². The van der Waals surface area contributed by atoms with Crippen molar-refractivity contribution in [2.75, 3.05) is 0 Å². The van der Waals surface area contributed by atoms with Crippen molar-refractivity contribution in [1.29, 1.82) is 0 Å².